The molecule has 2 rings (SSSR count). The summed E-state index contributed by atoms with van der Waals surface area (Å²) in [6.45, 7) is 1.77. The summed E-state index contributed by atoms with van der Waals surface area (Å²) in [5.74, 6) is 0.145. The van der Waals surface area contributed by atoms with Crippen molar-refractivity contribution >= 4 is 11.2 Å². The fourth-order valence-electron chi connectivity index (χ4n) is 0.907. The van der Waals surface area contributed by atoms with E-state index in [1.54, 1.807) is 6.92 Å². The molecule has 0 aliphatic rings. The maximum absolute atomic E-state index is 9.19. The average Bonchev–Trinajstić information content (AvgIpc) is 2.45. The summed E-state index contributed by atoms with van der Waals surface area (Å²) in [5, 5.41) is 19.2. The number of pyridine rings is 1. The number of hydrogen-bond donors (Lipinski definition) is 2. The van der Waals surface area contributed by atoms with E-state index in [-0.39, 0.29) is 5.75 Å². The zero-order chi connectivity index (χ0) is 7.84. The summed E-state index contributed by atoms with van der Waals surface area (Å²) >= 11 is 0. The summed E-state index contributed by atoms with van der Waals surface area (Å²) in [6.07, 6.45) is 1.36. The van der Waals surface area contributed by atoms with Crippen molar-refractivity contribution in [3.8, 4) is 5.75 Å². The van der Waals surface area contributed by atoms with E-state index >= 15 is 0 Å². The molecule has 0 atom stereocenters. The quantitative estimate of drug-likeness (QED) is 0.568. The number of aromatic amines is 1. The van der Waals surface area contributed by atoms with Crippen molar-refractivity contribution in [1.82, 2.24) is 20.4 Å². The van der Waals surface area contributed by atoms with E-state index in [0.29, 0.717) is 16.7 Å². The number of aromatic hydroxyl groups is 1. The number of H-pyrrole nitrogens is 1. The molecule has 5 nitrogen and oxygen atoms in total. The molecule has 0 saturated heterocycles. The van der Waals surface area contributed by atoms with Crippen LogP contribution in [0.15, 0.2) is 6.20 Å². The van der Waals surface area contributed by atoms with Crippen molar-refractivity contribution in [2.24, 2.45) is 0 Å². The Bertz CT molecular complexity index is 394. The molecule has 0 saturated carbocycles. The molecule has 2 heterocycles. The molecule has 5 heteroatoms. The van der Waals surface area contributed by atoms with Crippen molar-refractivity contribution in [2.75, 3.05) is 0 Å². The molecule has 0 radical (unpaired) electrons. The van der Waals surface area contributed by atoms with Gasteiger partial charge in [-0.1, -0.05) is 0 Å². The van der Waals surface area contributed by atoms with Crippen LogP contribution in [0.2, 0.25) is 0 Å². The number of aromatic nitrogens is 4. The third kappa shape index (κ3) is 0.739. The SMILES string of the molecule is Cc1c(O)cnc2n[nH]nc12. The number of aryl methyl sites for hydroxylation is 1. The monoisotopic (exact) mass is 150 g/mol. The van der Waals surface area contributed by atoms with Gasteiger partial charge in [0.05, 0.1) is 6.20 Å². The number of rotatable bonds is 0. The molecule has 0 aliphatic carbocycles. The van der Waals surface area contributed by atoms with Gasteiger partial charge in [0.15, 0.2) is 0 Å². The molecule has 11 heavy (non-hydrogen) atoms. The van der Waals surface area contributed by atoms with Gasteiger partial charge < -0.3 is 5.11 Å². The Morgan fingerprint density at radius 1 is 1.45 bits per heavy atom. The first-order valence-electron chi connectivity index (χ1n) is 3.14. The van der Waals surface area contributed by atoms with E-state index in [9.17, 15) is 5.11 Å². The van der Waals surface area contributed by atoms with Gasteiger partial charge in [-0.15, -0.1) is 5.10 Å². The minimum absolute atomic E-state index is 0.145. The lowest BCUT2D eigenvalue weighted by molar-refractivity contribution is 0.469. The van der Waals surface area contributed by atoms with Crippen LogP contribution in [0.1, 0.15) is 5.56 Å². The van der Waals surface area contributed by atoms with E-state index in [2.05, 4.69) is 20.4 Å². The van der Waals surface area contributed by atoms with Crippen molar-refractivity contribution < 1.29 is 5.11 Å². The topological polar surface area (TPSA) is 74.7 Å². The van der Waals surface area contributed by atoms with E-state index in [4.69, 9.17) is 0 Å². The minimum Gasteiger partial charge on any atom is -0.506 e. The van der Waals surface area contributed by atoms with Crippen LogP contribution in [-0.2, 0) is 0 Å². The molecule has 0 bridgehead atoms. The molecule has 0 amide bonds. The molecule has 2 N–H and O–H groups in total. The number of nitrogens with zero attached hydrogens (tertiary/aromatic N) is 3. The van der Waals surface area contributed by atoms with Gasteiger partial charge in [-0.3, -0.25) is 0 Å². The molecule has 0 aromatic carbocycles. The van der Waals surface area contributed by atoms with Crippen molar-refractivity contribution in [3.63, 3.8) is 0 Å². The largest absolute Gasteiger partial charge is 0.506 e. The van der Waals surface area contributed by atoms with Crippen molar-refractivity contribution in [2.45, 2.75) is 6.92 Å². The minimum atomic E-state index is 0.145. The van der Waals surface area contributed by atoms with Crippen LogP contribution in [0.3, 0.4) is 0 Å². The second kappa shape index (κ2) is 1.91. The van der Waals surface area contributed by atoms with Gasteiger partial charge in [-0.05, 0) is 6.92 Å². The van der Waals surface area contributed by atoms with Gasteiger partial charge in [0.2, 0.25) is 5.65 Å². The fourth-order valence-corrected chi connectivity index (χ4v) is 0.907. The van der Waals surface area contributed by atoms with Crippen LogP contribution in [0.25, 0.3) is 11.2 Å². The number of fused-ring (bicyclic) bond motifs is 1. The van der Waals surface area contributed by atoms with Crippen LogP contribution in [0, 0.1) is 6.92 Å². The third-order valence-corrected chi connectivity index (χ3v) is 1.58. The highest BCUT2D eigenvalue weighted by atomic mass is 16.3. The van der Waals surface area contributed by atoms with E-state index < -0.39 is 0 Å². The van der Waals surface area contributed by atoms with Crippen LogP contribution < -0.4 is 0 Å². The highest BCUT2D eigenvalue weighted by Crippen LogP contribution is 2.19. The van der Waals surface area contributed by atoms with Crippen molar-refractivity contribution in [1.29, 1.82) is 0 Å². The highest BCUT2D eigenvalue weighted by molar-refractivity contribution is 5.74. The Morgan fingerprint density at radius 2 is 2.27 bits per heavy atom. The second-order valence-corrected chi connectivity index (χ2v) is 2.26. The Balaban J connectivity index is 2.93. The first-order chi connectivity index (χ1) is 5.29. The standard InChI is InChI=1S/C6H6N4O/c1-3-4(11)2-7-6-5(3)8-10-9-6/h2,11H,1H3,(H,7,8,9,10). The molecule has 2 aromatic heterocycles. The number of hydrogen-bond acceptors (Lipinski definition) is 4. The predicted molar refractivity (Wildman–Crippen MR) is 38.1 cm³/mol. The molecule has 0 fully saturated rings. The summed E-state index contributed by atoms with van der Waals surface area (Å²) in [4.78, 5) is 3.85. The Hall–Kier alpha value is -1.65. The summed E-state index contributed by atoms with van der Waals surface area (Å²) in [7, 11) is 0. The van der Waals surface area contributed by atoms with E-state index in [0.717, 1.165) is 0 Å². The van der Waals surface area contributed by atoms with Crippen LogP contribution in [0.4, 0.5) is 0 Å². The molecular weight excluding hydrogens is 144 g/mol. The maximum atomic E-state index is 9.19. The summed E-state index contributed by atoms with van der Waals surface area (Å²) in [5.41, 5.74) is 1.84. The second-order valence-electron chi connectivity index (χ2n) is 2.26. The van der Waals surface area contributed by atoms with Crippen molar-refractivity contribution in [3.05, 3.63) is 11.8 Å². The normalized spacial score (nSPS) is 10.6. The molecule has 0 aliphatic heterocycles. The van der Waals surface area contributed by atoms with Crippen LogP contribution in [-0.4, -0.2) is 25.5 Å². The molecule has 2 aromatic rings. The summed E-state index contributed by atoms with van der Waals surface area (Å²) in [6, 6.07) is 0. The maximum Gasteiger partial charge on any atom is 0.202 e. The van der Waals surface area contributed by atoms with E-state index in [1.807, 2.05) is 0 Å². The zero-order valence-corrected chi connectivity index (χ0v) is 5.87. The van der Waals surface area contributed by atoms with Crippen LogP contribution >= 0.6 is 0 Å². The lowest BCUT2D eigenvalue weighted by Crippen LogP contribution is -1.81. The Kier molecular flexibility index (Phi) is 1.06. The number of nitrogens with one attached hydrogen (secondary N) is 1. The highest BCUT2D eigenvalue weighted by Gasteiger charge is 2.05. The molecule has 56 valence electrons. The lowest BCUT2D eigenvalue weighted by Gasteiger charge is -1.94. The van der Waals surface area contributed by atoms with E-state index in [1.165, 1.54) is 6.20 Å². The lowest BCUT2D eigenvalue weighted by atomic mass is 10.2. The van der Waals surface area contributed by atoms with Gasteiger partial charge in [0, 0.05) is 5.56 Å². The Labute approximate surface area is 62.1 Å². The molecular formula is C6H6N4O. The predicted octanol–water partition coefficient (Wildman–Crippen LogP) is 0.367. The van der Waals surface area contributed by atoms with Gasteiger partial charge in [-0.25, -0.2) is 4.98 Å². The first-order valence-corrected chi connectivity index (χ1v) is 3.14. The average molecular weight is 150 g/mol. The molecule has 0 unspecified atom stereocenters. The van der Waals surface area contributed by atoms with Gasteiger partial charge in [0.1, 0.15) is 11.3 Å². The van der Waals surface area contributed by atoms with Gasteiger partial charge in [-0.2, -0.15) is 10.3 Å². The fraction of sp³-hybridized carbons (Fsp3) is 0.167. The molecule has 0 spiro atoms. The first kappa shape index (κ1) is 6.09. The van der Waals surface area contributed by atoms with Gasteiger partial charge in [0.25, 0.3) is 0 Å². The third-order valence-electron chi connectivity index (χ3n) is 1.58. The smallest absolute Gasteiger partial charge is 0.202 e. The summed E-state index contributed by atoms with van der Waals surface area (Å²) < 4.78 is 0. The zero-order valence-electron chi connectivity index (χ0n) is 5.87. The van der Waals surface area contributed by atoms with Crippen LogP contribution in [0.5, 0.6) is 5.75 Å². The Morgan fingerprint density at radius 3 is 3.09 bits per heavy atom. The van der Waals surface area contributed by atoms with Gasteiger partial charge >= 0.3 is 0 Å².